The van der Waals surface area contributed by atoms with Crippen LogP contribution in [0, 0.1) is 0 Å². The van der Waals surface area contributed by atoms with E-state index in [2.05, 4.69) is 26.1 Å². The van der Waals surface area contributed by atoms with Crippen LogP contribution in [0.5, 0.6) is 0 Å². The van der Waals surface area contributed by atoms with Gasteiger partial charge in [-0.3, -0.25) is 4.79 Å². The van der Waals surface area contributed by atoms with E-state index in [4.69, 9.17) is 4.74 Å². The van der Waals surface area contributed by atoms with Crippen molar-refractivity contribution in [2.45, 2.75) is 87.7 Å². The lowest BCUT2D eigenvalue weighted by Crippen LogP contribution is -2.43. The lowest BCUT2D eigenvalue weighted by Gasteiger charge is -2.26. The molecule has 0 bridgehead atoms. The molecule has 5 heteroatoms. The molecule has 1 aliphatic heterocycles. The topological polar surface area (TPSA) is 58.6 Å². The fraction of sp³-hybridized carbons (Fsp3) is 0.800. The van der Waals surface area contributed by atoms with Crippen LogP contribution in [0.3, 0.4) is 0 Å². The first-order valence-corrected chi connectivity index (χ1v) is 9.59. The minimum Gasteiger partial charge on any atom is -0.444 e. The molecule has 0 unspecified atom stereocenters. The van der Waals surface area contributed by atoms with Gasteiger partial charge in [0, 0.05) is 13.1 Å². The summed E-state index contributed by atoms with van der Waals surface area (Å²) in [6, 6.07) is 0. The second-order valence-electron chi connectivity index (χ2n) is 6.20. The van der Waals surface area contributed by atoms with E-state index in [-0.39, 0.29) is 12.5 Å². The molecular formula is C20H42N2O3. The third-order valence-corrected chi connectivity index (χ3v) is 2.57. The zero-order valence-electron chi connectivity index (χ0n) is 18.3. The SMILES string of the molecule is CC.CC.CC1=CCN(C(=O)CNC(=O)OC(C)(C)C)CC1.CCC. The first-order chi connectivity index (χ1) is 11.7. The molecule has 5 nitrogen and oxygen atoms in total. The number of carbonyl (C=O) groups is 2. The highest BCUT2D eigenvalue weighted by Gasteiger charge is 2.19. The summed E-state index contributed by atoms with van der Waals surface area (Å²) in [6.07, 6.45) is 3.63. The van der Waals surface area contributed by atoms with E-state index < -0.39 is 11.7 Å². The average Bonchev–Trinajstić information content (AvgIpc) is 2.56. The lowest BCUT2D eigenvalue weighted by atomic mass is 10.1. The van der Waals surface area contributed by atoms with Crippen LogP contribution in [0.15, 0.2) is 11.6 Å². The van der Waals surface area contributed by atoms with Crippen LogP contribution in [-0.2, 0) is 9.53 Å². The Morgan fingerprint density at radius 3 is 2.00 bits per heavy atom. The number of amides is 2. The second-order valence-corrected chi connectivity index (χ2v) is 6.20. The van der Waals surface area contributed by atoms with Gasteiger partial charge in [0.25, 0.3) is 0 Å². The number of hydrogen-bond donors (Lipinski definition) is 1. The van der Waals surface area contributed by atoms with Crippen molar-refractivity contribution in [3.63, 3.8) is 0 Å². The molecule has 0 atom stereocenters. The van der Waals surface area contributed by atoms with E-state index in [0.717, 1.165) is 13.0 Å². The third-order valence-electron chi connectivity index (χ3n) is 2.57. The van der Waals surface area contributed by atoms with Gasteiger partial charge >= 0.3 is 6.09 Å². The van der Waals surface area contributed by atoms with Crippen molar-refractivity contribution in [1.29, 1.82) is 0 Å². The average molecular weight is 359 g/mol. The van der Waals surface area contributed by atoms with Crippen molar-refractivity contribution in [1.82, 2.24) is 10.2 Å². The zero-order chi connectivity index (χ0) is 20.5. The van der Waals surface area contributed by atoms with Gasteiger partial charge in [-0.2, -0.15) is 0 Å². The normalized spacial score (nSPS) is 12.7. The van der Waals surface area contributed by atoms with Crippen LogP contribution in [0.25, 0.3) is 0 Å². The smallest absolute Gasteiger partial charge is 0.408 e. The molecule has 0 aliphatic carbocycles. The van der Waals surface area contributed by atoms with Crippen molar-refractivity contribution in [2.24, 2.45) is 0 Å². The molecule has 0 radical (unpaired) electrons. The summed E-state index contributed by atoms with van der Waals surface area (Å²) in [5.74, 6) is -0.0791. The fourth-order valence-corrected chi connectivity index (χ4v) is 1.57. The Bertz CT molecular complexity index is 372. The van der Waals surface area contributed by atoms with E-state index in [1.807, 2.05) is 33.8 Å². The summed E-state index contributed by atoms with van der Waals surface area (Å²) >= 11 is 0. The van der Waals surface area contributed by atoms with E-state index in [1.54, 1.807) is 25.7 Å². The lowest BCUT2D eigenvalue weighted by molar-refractivity contribution is -0.129. The third kappa shape index (κ3) is 18.7. The molecule has 1 rings (SSSR count). The number of ether oxygens (including phenoxy) is 1. The Morgan fingerprint density at radius 2 is 1.64 bits per heavy atom. The van der Waals surface area contributed by atoms with Gasteiger partial charge in [-0.25, -0.2) is 4.79 Å². The van der Waals surface area contributed by atoms with Gasteiger partial charge in [-0.15, -0.1) is 0 Å². The molecular weight excluding hydrogens is 316 g/mol. The number of carbonyl (C=O) groups excluding carboxylic acids is 2. The standard InChI is InChI=1S/C13H22N2O3.C3H8.2C2H6/c1-10-5-7-15(8-6-10)11(16)9-14-12(17)18-13(2,3)4;1-3-2;2*1-2/h5H,6-9H2,1-4H3,(H,14,17);3H2,1-2H3;2*1-2H3. The summed E-state index contributed by atoms with van der Waals surface area (Å²) in [7, 11) is 0. The molecule has 1 N–H and O–H groups in total. The van der Waals surface area contributed by atoms with Crippen molar-refractivity contribution in [3.8, 4) is 0 Å². The van der Waals surface area contributed by atoms with Crippen molar-refractivity contribution in [2.75, 3.05) is 19.6 Å². The van der Waals surface area contributed by atoms with Crippen LogP contribution in [0.4, 0.5) is 4.79 Å². The van der Waals surface area contributed by atoms with Crippen molar-refractivity contribution < 1.29 is 14.3 Å². The molecule has 0 aromatic carbocycles. The minimum absolute atomic E-state index is 0.0121. The highest BCUT2D eigenvalue weighted by Crippen LogP contribution is 2.09. The molecule has 0 aromatic rings. The molecule has 150 valence electrons. The summed E-state index contributed by atoms with van der Waals surface area (Å²) in [5.41, 5.74) is 0.761. The molecule has 0 saturated heterocycles. The molecule has 1 aliphatic rings. The first-order valence-electron chi connectivity index (χ1n) is 9.59. The van der Waals surface area contributed by atoms with E-state index in [0.29, 0.717) is 6.54 Å². The van der Waals surface area contributed by atoms with Gasteiger partial charge in [0.1, 0.15) is 12.1 Å². The molecule has 0 saturated carbocycles. The Morgan fingerprint density at radius 1 is 1.16 bits per heavy atom. The summed E-state index contributed by atoms with van der Waals surface area (Å²) < 4.78 is 5.06. The number of nitrogens with one attached hydrogen (secondary N) is 1. The van der Waals surface area contributed by atoms with Crippen molar-refractivity contribution >= 4 is 12.0 Å². The summed E-state index contributed by atoms with van der Waals surface area (Å²) in [5, 5.41) is 2.47. The summed E-state index contributed by atoms with van der Waals surface area (Å²) in [6.45, 7) is 21.0. The van der Waals surface area contributed by atoms with E-state index >= 15 is 0 Å². The molecule has 0 fully saturated rings. The zero-order valence-corrected chi connectivity index (χ0v) is 18.3. The second kappa shape index (κ2) is 17.3. The Labute approximate surface area is 156 Å². The van der Waals surface area contributed by atoms with Crippen LogP contribution < -0.4 is 5.32 Å². The van der Waals surface area contributed by atoms with Crippen LogP contribution >= 0.6 is 0 Å². The number of alkyl carbamates (subject to hydrolysis) is 1. The monoisotopic (exact) mass is 358 g/mol. The molecule has 25 heavy (non-hydrogen) atoms. The fourth-order valence-electron chi connectivity index (χ4n) is 1.57. The first kappa shape index (κ1) is 28.3. The van der Waals surface area contributed by atoms with Gasteiger partial charge in [-0.05, 0) is 34.1 Å². The van der Waals surface area contributed by atoms with Gasteiger partial charge < -0.3 is 15.0 Å². The molecule has 0 spiro atoms. The maximum Gasteiger partial charge on any atom is 0.408 e. The Balaban J connectivity index is -0.000000605. The quantitative estimate of drug-likeness (QED) is 0.694. The number of hydrogen-bond acceptors (Lipinski definition) is 3. The van der Waals surface area contributed by atoms with Crippen LogP contribution in [0.1, 0.15) is 82.1 Å². The maximum absolute atomic E-state index is 11.8. The maximum atomic E-state index is 11.8. The minimum atomic E-state index is -0.556. The van der Waals surface area contributed by atoms with Gasteiger partial charge in [-0.1, -0.05) is 59.6 Å². The van der Waals surface area contributed by atoms with E-state index in [9.17, 15) is 9.59 Å². The Kier molecular flexibility index (Phi) is 19.6. The van der Waals surface area contributed by atoms with Gasteiger partial charge in [0.2, 0.25) is 5.91 Å². The largest absolute Gasteiger partial charge is 0.444 e. The van der Waals surface area contributed by atoms with Crippen LogP contribution in [0.2, 0.25) is 0 Å². The van der Waals surface area contributed by atoms with Gasteiger partial charge in [0.05, 0.1) is 0 Å². The molecule has 1 heterocycles. The van der Waals surface area contributed by atoms with E-state index in [1.165, 1.54) is 12.0 Å². The highest BCUT2D eigenvalue weighted by molar-refractivity contribution is 5.82. The molecule has 0 aromatic heterocycles. The predicted octanol–water partition coefficient (Wildman–Crippen LogP) is 5.16. The summed E-state index contributed by atoms with van der Waals surface area (Å²) in [4.78, 5) is 24.9. The number of rotatable bonds is 2. The highest BCUT2D eigenvalue weighted by atomic mass is 16.6. The van der Waals surface area contributed by atoms with Gasteiger partial charge in [0.15, 0.2) is 0 Å². The number of nitrogens with zero attached hydrogens (tertiary/aromatic N) is 1. The van der Waals surface area contributed by atoms with Crippen molar-refractivity contribution in [3.05, 3.63) is 11.6 Å². The molecule has 2 amide bonds. The Hall–Kier alpha value is -1.52. The predicted molar refractivity (Wildman–Crippen MR) is 108 cm³/mol. The van der Waals surface area contributed by atoms with Crippen LogP contribution in [-0.4, -0.2) is 42.1 Å².